The van der Waals surface area contributed by atoms with Gasteiger partial charge in [0.15, 0.2) is 11.5 Å². The van der Waals surface area contributed by atoms with Crippen LogP contribution in [0.4, 0.5) is 26.3 Å². The number of halogens is 6. The van der Waals surface area contributed by atoms with Crippen molar-refractivity contribution in [3.8, 4) is 28.0 Å². The van der Waals surface area contributed by atoms with Crippen LogP contribution in [0.5, 0.6) is 11.5 Å². The number of likely N-dealkylation sites (tertiary alicyclic amines) is 1. The summed E-state index contributed by atoms with van der Waals surface area (Å²) in [4.78, 5) is 60.1. The molecule has 2 heterocycles. The number of thiazole rings is 1. The van der Waals surface area contributed by atoms with E-state index in [1.165, 1.54) is 47.6 Å². The van der Waals surface area contributed by atoms with Gasteiger partial charge < -0.3 is 35.4 Å². The molecule has 0 radical (unpaired) electrons. The predicted octanol–water partition coefficient (Wildman–Crippen LogP) is 6.97. The molecule has 3 atom stereocenters. The number of aliphatic hydroxyl groups excluding tert-OH is 1. The van der Waals surface area contributed by atoms with Gasteiger partial charge in [0.25, 0.3) is 5.91 Å². The van der Waals surface area contributed by atoms with Gasteiger partial charge in [0.1, 0.15) is 30.3 Å². The third-order valence-corrected chi connectivity index (χ3v) is 11.3. The van der Waals surface area contributed by atoms with Gasteiger partial charge in [-0.05, 0) is 59.4 Å². The summed E-state index contributed by atoms with van der Waals surface area (Å²) in [5.74, 6) is -2.66. The number of alkyl halides is 6. The molecule has 1 aromatic heterocycles. The fourth-order valence-electron chi connectivity index (χ4n) is 6.90. The number of rotatable bonds is 15. The van der Waals surface area contributed by atoms with Crippen LogP contribution in [0.2, 0.25) is 0 Å². The monoisotopic (exact) mass is 928 g/mol. The van der Waals surface area contributed by atoms with E-state index < -0.39 is 88.5 Å². The predicted molar refractivity (Wildman–Crippen MR) is 227 cm³/mol. The minimum Gasteiger partial charge on any atom is -0.493 e. The summed E-state index contributed by atoms with van der Waals surface area (Å²) in [5.41, 5.74) is -0.0875. The molecule has 4 N–H and O–H groups in total. The second kappa shape index (κ2) is 20.6. The van der Waals surface area contributed by atoms with Gasteiger partial charge in [0, 0.05) is 38.0 Å². The maximum Gasteiger partial charge on any atom is 0.416 e. The second-order valence-corrected chi connectivity index (χ2v) is 17.0. The fraction of sp³-hybridized carbons (Fsp3) is 0.378. The molecule has 4 aromatic rings. The standard InChI is InChI=1S/C45H46F6N6O7S/c1-25-38(65-24-55-25)28-9-6-26(7-10-28)21-54-41(61)34-19-32(58)22-57(34)42(62)39(43(2,3)4)56-37(59)14-15-53-40(60)30(20-52)16-27-8-13-35(36(17-27)63-5)64-23-29-11-12-31(44(46,47)48)18-33(29)45(49,50)51/h6-13,16-18,24,32,34,39,58H,14-15,19,21-23H2,1-5H3,(H,53,60)(H,54,61)(H,56,59). The van der Waals surface area contributed by atoms with Crippen LogP contribution in [0.1, 0.15) is 67.1 Å². The minimum atomic E-state index is -5.10. The molecule has 0 saturated carbocycles. The normalized spacial score (nSPS) is 16.0. The highest BCUT2D eigenvalue weighted by atomic mass is 32.1. The lowest BCUT2D eigenvalue weighted by Gasteiger charge is -2.35. The molecule has 20 heteroatoms. The van der Waals surface area contributed by atoms with Crippen LogP contribution < -0.4 is 25.4 Å². The number of nitriles is 1. The summed E-state index contributed by atoms with van der Waals surface area (Å²) in [6.45, 7) is 6.10. The van der Waals surface area contributed by atoms with Crippen molar-refractivity contribution in [2.24, 2.45) is 5.41 Å². The first-order valence-electron chi connectivity index (χ1n) is 20.0. The zero-order valence-electron chi connectivity index (χ0n) is 35.8. The third-order valence-electron chi connectivity index (χ3n) is 10.3. The highest BCUT2D eigenvalue weighted by molar-refractivity contribution is 7.13. The molecule has 3 unspecified atom stereocenters. The van der Waals surface area contributed by atoms with Crippen molar-refractivity contribution < 1.29 is 60.1 Å². The van der Waals surface area contributed by atoms with Gasteiger partial charge >= 0.3 is 12.4 Å². The third kappa shape index (κ3) is 12.8. The number of amides is 4. The molecule has 0 bridgehead atoms. The maximum absolute atomic E-state index is 14.0. The number of aryl methyl sites for hydroxylation is 1. The number of carbonyl (C=O) groups excluding carboxylic acids is 4. The van der Waals surface area contributed by atoms with Crippen molar-refractivity contribution in [3.63, 3.8) is 0 Å². The Balaban J connectivity index is 1.16. The van der Waals surface area contributed by atoms with E-state index in [4.69, 9.17) is 9.47 Å². The molecule has 5 rings (SSSR count). The number of carbonyl (C=O) groups is 4. The summed E-state index contributed by atoms with van der Waals surface area (Å²) < 4.78 is 90.9. The lowest BCUT2D eigenvalue weighted by Crippen LogP contribution is -2.57. The molecule has 1 saturated heterocycles. The first-order valence-corrected chi connectivity index (χ1v) is 20.9. The molecule has 3 aromatic carbocycles. The SMILES string of the molecule is COc1cc(C=C(C#N)C(=O)NCCC(=O)NC(C(=O)N2CC(O)CC2C(=O)NCc2ccc(-c3scnc3C)cc2)C(C)(C)C)ccc1OCc1ccc(C(F)(F)F)cc1C(F)(F)F. The highest BCUT2D eigenvalue weighted by Gasteiger charge is 2.44. The molecule has 346 valence electrons. The average Bonchev–Trinajstić information content (AvgIpc) is 3.86. The molecule has 1 aliphatic rings. The smallest absolute Gasteiger partial charge is 0.416 e. The van der Waals surface area contributed by atoms with Crippen molar-refractivity contribution in [2.45, 2.75) is 84.2 Å². The summed E-state index contributed by atoms with van der Waals surface area (Å²) in [5, 5.41) is 28.3. The molecule has 65 heavy (non-hydrogen) atoms. The van der Waals surface area contributed by atoms with Gasteiger partial charge in [0.05, 0.1) is 40.4 Å². The fourth-order valence-corrected chi connectivity index (χ4v) is 7.72. The number of ether oxygens (including phenoxy) is 2. The van der Waals surface area contributed by atoms with Gasteiger partial charge in [-0.15, -0.1) is 11.3 Å². The summed E-state index contributed by atoms with van der Waals surface area (Å²) in [6.07, 6.45) is -10.2. The van der Waals surface area contributed by atoms with Gasteiger partial charge in [-0.1, -0.05) is 57.2 Å². The van der Waals surface area contributed by atoms with Crippen molar-refractivity contribution in [3.05, 3.63) is 105 Å². The number of benzene rings is 3. The number of hydrogen-bond donors (Lipinski definition) is 4. The van der Waals surface area contributed by atoms with E-state index in [0.29, 0.717) is 12.1 Å². The number of aliphatic hydroxyl groups is 1. The molecular formula is C45H46F6N6O7S. The van der Waals surface area contributed by atoms with Crippen LogP contribution in [-0.4, -0.2) is 77.0 Å². The second-order valence-electron chi connectivity index (χ2n) is 16.2. The summed E-state index contributed by atoms with van der Waals surface area (Å²) in [6, 6.07) is 12.4. The van der Waals surface area contributed by atoms with E-state index in [2.05, 4.69) is 20.9 Å². The van der Waals surface area contributed by atoms with E-state index in [1.807, 2.05) is 31.2 Å². The Morgan fingerprint density at radius 2 is 1.69 bits per heavy atom. The summed E-state index contributed by atoms with van der Waals surface area (Å²) in [7, 11) is 1.22. The van der Waals surface area contributed by atoms with E-state index in [1.54, 1.807) is 32.4 Å². The van der Waals surface area contributed by atoms with E-state index in [-0.39, 0.29) is 55.6 Å². The van der Waals surface area contributed by atoms with E-state index in [9.17, 15) is 55.9 Å². The lowest BCUT2D eigenvalue weighted by atomic mass is 9.85. The van der Waals surface area contributed by atoms with Gasteiger partial charge in [-0.3, -0.25) is 19.2 Å². The number of β-amino-alcohol motifs (C(OH)–C–C–N with tert-alkyl or cyclic N) is 1. The Labute approximate surface area is 374 Å². The molecule has 13 nitrogen and oxygen atoms in total. The Bertz CT molecular complexity index is 2460. The zero-order valence-corrected chi connectivity index (χ0v) is 36.6. The van der Waals surface area contributed by atoms with Crippen LogP contribution in [0.15, 0.2) is 71.7 Å². The Kier molecular flexibility index (Phi) is 15.7. The largest absolute Gasteiger partial charge is 0.493 e. The lowest BCUT2D eigenvalue weighted by molar-refractivity contribution is -0.144. The number of methoxy groups -OCH3 is 1. The maximum atomic E-state index is 14.0. The quantitative estimate of drug-likeness (QED) is 0.0556. The number of nitrogens with one attached hydrogen (secondary N) is 3. The number of hydrogen-bond acceptors (Lipinski definition) is 10. The van der Waals surface area contributed by atoms with E-state index in [0.717, 1.165) is 21.7 Å². The molecule has 0 aliphatic carbocycles. The number of aromatic nitrogens is 1. The average molecular weight is 929 g/mol. The van der Waals surface area contributed by atoms with Crippen LogP contribution in [0.25, 0.3) is 16.5 Å². The van der Waals surface area contributed by atoms with E-state index >= 15 is 0 Å². The summed E-state index contributed by atoms with van der Waals surface area (Å²) >= 11 is 1.52. The van der Waals surface area contributed by atoms with Crippen LogP contribution >= 0.6 is 11.3 Å². The van der Waals surface area contributed by atoms with Gasteiger partial charge in [0.2, 0.25) is 17.7 Å². The first kappa shape index (κ1) is 49.6. The Morgan fingerprint density at radius 3 is 2.29 bits per heavy atom. The molecule has 0 spiro atoms. The molecular weight excluding hydrogens is 883 g/mol. The van der Waals surface area contributed by atoms with Crippen LogP contribution in [0, 0.1) is 23.7 Å². The van der Waals surface area contributed by atoms with Crippen molar-refractivity contribution in [2.75, 3.05) is 20.2 Å². The zero-order chi connectivity index (χ0) is 47.9. The minimum absolute atomic E-state index is 0.00287. The Morgan fingerprint density at radius 1 is 0.985 bits per heavy atom. The van der Waals surface area contributed by atoms with Crippen LogP contribution in [-0.2, 0) is 44.7 Å². The van der Waals surface area contributed by atoms with Crippen LogP contribution in [0.3, 0.4) is 0 Å². The van der Waals surface area contributed by atoms with Crippen molar-refractivity contribution >= 4 is 41.0 Å². The Hall–Kier alpha value is -6.46. The van der Waals surface area contributed by atoms with Crippen molar-refractivity contribution in [1.82, 2.24) is 25.8 Å². The molecule has 1 fully saturated rings. The molecule has 4 amide bonds. The topological polar surface area (TPSA) is 183 Å². The van der Waals surface area contributed by atoms with Crippen molar-refractivity contribution in [1.29, 1.82) is 5.26 Å². The highest BCUT2D eigenvalue weighted by Crippen LogP contribution is 2.39. The van der Waals surface area contributed by atoms with Gasteiger partial charge in [-0.25, -0.2) is 4.98 Å². The number of nitrogens with zero attached hydrogens (tertiary/aromatic N) is 3. The van der Waals surface area contributed by atoms with Gasteiger partial charge in [-0.2, -0.15) is 31.6 Å². The first-order chi connectivity index (χ1) is 30.5. The molecule has 1 aliphatic heterocycles.